The highest BCUT2D eigenvalue weighted by Crippen LogP contribution is 2.16. The Kier molecular flexibility index (Phi) is 2.59. The van der Waals surface area contributed by atoms with Gasteiger partial charge in [0, 0.05) is 17.0 Å². The van der Waals surface area contributed by atoms with Gasteiger partial charge in [0.2, 0.25) is 0 Å². The highest BCUT2D eigenvalue weighted by Gasteiger charge is 2.06. The molecule has 0 radical (unpaired) electrons. The summed E-state index contributed by atoms with van der Waals surface area (Å²) in [6.07, 6.45) is -1.38. The summed E-state index contributed by atoms with van der Waals surface area (Å²) in [5.41, 5.74) is 0.385. The summed E-state index contributed by atoms with van der Waals surface area (Å²) in [6, 6.07) is 8.10. The molecule has 0 saturated heterocycles. The maximum Gasteiger partial charge on any atom is 0.506 e. The van der Waals surface area contributed by atoms with Crippen LogP contribution in [0.2, 0.25) is 0 Å². The van der Waals surface area contributed by atoms with Gasteiger partial charge in [-0.15, -0.1) is 0 Å². The van der Waals surface area contributed by atoms with Crippen LogP contribution < -0.4 is 5.63 Å². The number of carboxylic acid groups (broad SMARTS) is 1. The number of hydrogen-bond acceptors (Lipinski definition) is 4. The fourth-order valence-electron chi connectivity index (χ4n) is 1.44. The zero-order chi connectivity index (χ0) is 11.5. The van der Waals surface area contributed by atoms with E-state index >= 15 is 0 Å². The molecule has 82 valence electrons. The van der Waals surface area contributed by atoms with E-state index in [1.807, 2.05) is 0 Å². The smallest absolute Gasteiger partial charge is 0.450 e. The van der Waals surface area contributed by atoms with Crippen LogP contribution in [0.1, 0.15) is 5.56 Å². The lowest BCUT2D eigenvalue weighted by Gasteiger charge is -2.03. The van der Waals surface area contributed by atoms with Gasteiger partial charge in [-0.3, -0.25) is 0 Å². The minimum Gasteiger partial charge on any atom is -0.450 e. The molecule has 5 heteroatoms. The van der Waals surface area contributed by atoms with Crippen LogP contribution >= 0.6 is 0 Å². The molecule has 0 fully saturated rings. The molecular weight excluding hydrogens is 212 g/mol. The van der Waals surface area contributed by atoms with Gasteiger partial charge < -0.3 is 14.3 Å². The third-order valence-electron chi connectivity index (χ3n) is 2.09. The van der Waals surface area contributed by atoms with Crippen LogP contribution in [0.4, 0.5) is 4.79 Å². The first-order chi connectivity index (χ1) is 7.66. The fraction of sp³-hybridized carbons (Fsp3) is 0.0909. The highest BCUT2D eigenvalue weighted by molar-refractivity contribution is 5.80. The van der Waals surface area contributed by atoms with Crippen molar-refractivity contribution in [3.05, 3.63) is 46.3 Å². The third kappa shape index (κ3) is 2.03. The van der Waals surface area contributed by atoms with E-state index in [0.29, 0.717) is 16.5 Å². The van der Waals surface area contributed by atoms with Gasteiger partial charge in [-0.25, -0.2) is 9.59 Å². The SMILES string of the molecule is O=C(O)OCc1cc(=O)oc2ccccc12. The van der Waals surface area contributed by atoms with Gasteiger partial charge in [0.05, 0.1) is 0 Å². The molecule has 0 bridgehead atoms. The summed E-state index contributed by atoms with van der Waals surface area (Å²) in [5, 5.41) is 9.06. The van der Waals surface area contributed by atoms with Crippen molar-refractivity contribution in [1.29, 1.82) is 0 Å². The maximum atomic E-state index is 11.2. The average Bonchev–Trinajstić information content (AvgIpc) is 2.25. The molecule has 1 N–H and O–H groups in total. The predicted molar refractivity (Wildman–Crippen MR) is 55.3 cm³/mol. The van der Waals surface area contributed by atoms with Crippen molar-refractivity contribution in [2.45, 2.75) is 6.61 Å². The van der Waals surface area contributed by atoms with Gasteiger partial charge in [0.15, 0.2) is 0 Å². The van der Waals surface area contributed by atoms with Gasteiger partial charge in [-0.1, -0.05) is 18.2 Å². The van der Waals surface area contributed by atoms with Crippen molar-refractivity contribution in [1.82, 2.24) is 0 Å². The Morgan fingerprint density at radius 1 is 1.38 bits per heavy atom. The van der Waals surface area contributed by atoms with Crippen LogP contribution in [0.25, 0.3) is 11.0 Å². The lowest BCUT2D eigenvalue weighted by Crippen LogP contribution is -2.05. The van der Waals surface area contributed by atoms with E-state index in [1.165, 1.54) is 6.07 Å². The number of hydrogen-bond donors (Lipinski definition) is 1. The van der Waals surface area contributed by atoms with Crippen molar-refractivity contribution >= 4 is 17.1 Å². The van der Waals surface area contributed by atoms with E-state index in [4.69, 9.17) is 9.52 Å². The first kappa shape index (κ1) is 10.2. The Hall–Kier alpha value is -2.30. The lowest BCUT2D eigenvalue weighted by atomic mass is 10.1. The molecule has 5 nitrogen and oxygen atoms in total. The molecule has 16 heavy (non-hydrogen) atoms. The van der Waals surface area contributed by atoms with Crippen LogP contribution in [-0.2, 0) is 11.3 Å². The molecule has 1 aromatic heterocycles. The largest absolute Gasteiger partial charge is 0.506 e. The summed E-state index contributed by atoms with van der Waals surface area (Å²) in [4.78, 5) is 21.4. The molecule has 2 rings (SSSR count). The van der Waals surface area contributed by atoms with E-state index in [0.717, 1.165) is 0 Å². The second-order valence-electron chi connectivity index (χ2n) is 3.14. The van der Waals surface area contributed by atoms with Gasteiger partial charge in [0.1, 0.15) is 12.2 Å². The maximum absolute atomic E-state index is 11.2. The van der Waals surface area contributed by atoms with Crippen molar-refractivity contribution in [2.75, 3.05) is 0 Å². The zero-order valence-electron chi connectivity index (χ0n) is 8.17. The van der Waals surface area contributed by atoms with E-state index in [9.17, 15) is 9.59 Å². The summed E-state index contributed by atoms with van der Waals surface area (Å²) in [6.45, 7) is -0.165. The van der Waals surface area contributed by atoms with Crippen molar-refractivity contribution in [2.24, 2.45) is 0 Å². The van der Waals surface area contributed by atoms with Gasteiger partial charge in [-0.05, 0) is 6.07 Å². The lowest BCUT2D eigenvalue weighted by molar-refractivity contribution is 0.0856. The van der Waals surface area contributed by atoms with Gasteiger partial charge >= 0.3 is 11.8 Å². The topological polar surface area (TPSA) is 76.7 Å². The first-order valence-electron chi connectivity index (χ1n) is 4.54. The average molecular weight is 220 g/mol. The predicted octanol–water partition coefficient (Wildman–Crippen LogP) is 1.99. The number of ether oxygens (including phenoxy) is 1. The molecule has 0 amide bonds. The molecule has 0 saturated carbocycles. The quantitative estimate of drug-likeness (QED) is 0.618. The minimum atomic E-state index is -1.38. The Morgan fingerprint density at radius 3 is 2.88 bits per heavy atom. The first-order valence-corrected chi connectivity index (χ1v) is 4.54. The van der Waals surface area contributed by atoms with Crippen molar-refractivity contribution < 1.29 is 19.1 Å². The van der Waals surface area contributed by atoms with E-state index in [1.54, 1.807) is 24.3 Å². The molecule has 0 aliphatic carbocycles. The zero-order valence-corrected chi connectivity index (χ0v) is 8.17. The normalized spacial score (nSPS) is 10.2. The van der Waals surface area contributed by atoms with Gasteiger partial charge in [-0.2, -0.15) is 0 Å². The van der Waals surface area contributed by atoms with Crippen molar-refractivity contribution in [3.63, 3.8) is 0 Å². The Morgan fingerprint density at radius 2 is 2.12 bits per heavy atom. The summed E-state index contributed by atoms with van der Waals surface area (Å²) in [7, 11) is 0. The summed E-state index contributed by atoms with van der Waals surface area (Å²) in [5.74, 6) is 0. The van der Waals surface area contributed by atoms with Crippen LogP contribution in [-0.4, -0.2) is 11.3 Å². The Balaban J connectivity index is 2.50. The molecular formula is C11H8O5. The number of para-hydroxylation sites is 1. The summed E-state index contributed by atoms with van der Waals surface area (Å²) < 4.78 is 9.38. The van der Waals surface area contributed by atoms with Crippen LogP contribution in [0.3, 0.4) is 0 Å². The molecule has 0 aliphatic heterocycles. The summed E-state index contributed by atoms with van der Waals surface area (Å²) >= 11 is 0. The Bertz CT molecular complexity index is 584. The second-order valence-corrected chi connectivity index (χ2v) is 3.14. The molecule has 0 atom stereocenters. The second kappa shape index (κ2) is 4.06. The number of benzene rings is 1. The fourth-order valence-corrected chi connectivity index (χ4v) is 1.44. The molecule has 2 aromatic rings. The molecule has 0 unspecified atom stereocenters. The highest BCUT2D eigenvalue weighted by atomic mass is 16.7. The van der Waals surface area contributed by atoms with Crippen LogP contribution in [0.5, 0.6) is 0 Å². The number of fused-ring (bicyclic) bond motifs is 1. The van der Waals surface area contributed by atoms with Gasteiger partial charge in [0.25, 0.3) is 0 Å². The van der Waals surface area contributed by atoms with E-state index in [2.05, 4.69) is 4.74 Å². The number of rotatable bonds is 2. The standard InChI is InChI=1S/C11H8O5/c12-10-5-7(6-15-11(13)14)8-3-1-2-4-9(8)16-10/h1-5H,6H2,(H,13,14). The van der Waals surface area contributed by atoms with Crippen LogP contribution in [0, 0.1) is 0 Å². The Labute approximate surface area is 89.9 Å². The van der Waals surface area contributed by atoms with Crippen LogP contribution in [0.15, 0.2) is 39.5 Å². The minimum absolute atomic E-state index is 0.165. The molecule has 0 spiro atoms. The third-order valence-corrected chi connectivity index (χ3v) is 2.09. The molecule has 0 aliphatic rings. The van der Waals surface area contributed by atoms with Crippen molar-refractivity contribution in [3.8, 4) is 0 Å². The molecule has 1 heterocycles. The van der Waals surface area contributed by atoms with E-state index in [-0.39, 0.29) is 6.61 Å². The molecule has 1 aromatic carbocycles. The monoisotopic (exact) mass is 220 g/mol. The van der Waals surface area contributed by atoms with E-state index < -0.39 is 11.8 Å². The number of carbonyl (C=O) groups is 1.